The Morgan fingerprint density at radius 2 is 2.15 bits per heavy atom. The van der Waals surface area contributed by atoms with E-state index in [2.05, 4.69) is 20.6 Å². The zero-order chi connectivity index (χ0) is 14.3. The maximum atomic E-state index is 13.1. The first-order valence-electron chi connectivity index (χ1n) is 6.26. The van der Waals surface area contributed by atoms with Crippen molar-refractivity contribution in [1.29, 1.82) is 0 Å². The van der Waals surface area contributed by atoms with E-state index < -0.39 is 0 Å². The van der Waals surface area contributed by atoms with Gasteiger partial charge >= 0.3 is 0 Å². The molecule has 0 bridgehead atoms. The third-order valence-corrected chi connectivity index (χ3v) is 3.16. The first kappa shape index (κ1) is 12.6. The van der Waals surface area contributed by atoms with E-state index in [9.17, 15) is 4.39 Å². The minimum Gasteiger partial charge on any atom is -0.361 e. The lowest BCUT2D eigenvalue weighted by molar-refractivity contribution is 0.392. The fraction of sp³-hybridized carbons (Fsp3) is 0.308. The van der Waals surface area contributed by atoms with Crippen molar-refractivity contribution in [2.45, 2.75) is 26.8 Å². The summed E-state index contributed by atoms with van der Waals surface area (Å²) in [7, 11) is 0. The Kier molecular flexibility index (Phi) is 2.89. The Balaban J connectivity index is 1.89. The summed E-state index contributed by atoms with van der Waals surface area (Å²) in [6, 6.07) is 2.88. The van der Waals surface area contributed by atoms with Crippen molar-refractivity contribution < 1.29 is 8.91 Å². The van der Waals surface area contributed by atoms with Crippen LogP contribution < -0.4 is 5.32 Å². The Morgan fingerprint density at radius 1 is 1.35 bits per heavy atom. The molecule has 20 heavy (non-hydrogen) atoms. The van der Waals surface area contributed by atoms with Gasteiger partial charge in [-0.25, -0.2) is 8.91 Å². The van der Waals surface area contributed by atoms with Crippen molar-refractivity contribution in [2.24, 2.45) is 0 Å². The lowest BCUT2D eigenvalue weighted by Gasteiger charge is -2.11. The number of rotatable bonds is 3. The molecule has 3 heterocycles. The molecule has 0 radical (unpaired) electrons. The quantitative estimate of drug-likeness (QED) is 0.795. The highest BCUT2D eigenvalue weighted by molar-refractivity contribution is 5.44. The number of hydrogen-bond donors (Lipinski definition) is 1. The number of aryl methyl sites for hydroxylation is 2. The third-order valence-electron chi connectivity index (χ3n) is 3.16. The molecule has 1 N–H and O–H groups in total. The second-order valence-corrected chi connectivity index (χ2v) is 4.69. The van der Waals surface area contributed by atoms with Crippen molar-refractivity contribution in [2.75, 3.05) is 5.32 Å². The summed E-state index contributed by atoms with van der Waals surface area (Å²) in [5, 5.41) is 11.3. The molecule has 0 saturated carbocycles. The van der Waals surface area contributed by atoms with Gasteiger partial charge in [0.1, 0.15) is 11.6 Å². The largest absolute Gasteiger partial charge is 0.361 e. The fourth-order valence-corrected chi connectivity index (χ4v) is 2.29. The normalized spacial score (nSPS) is 12.8. The van der Waals surface area contributed by atoms with Gasteiger partial charge in [0.25, 0.3) is 0 Å². The highest BCUT2D eigenvalue weighted by atomic mass is 19.1. The van der Waals surface area contributed by atoms with E-state index in [1.54, 1.807) is 6.07 Å². The summed E-state index contributed by atoms with van der Waals surface area (Å²) in [6.45, 7) is 5.72. The van der Waals surface area contributed by atoms with Crippen molar-refractivity contribution in [3.8, 4) is 0 Å². The molecule has 3 rings (SSSR count). The second-order valence-electron chi connectivity index (χ2n) is 4.69. The lowest BCUT2D eigenvalue weighted by atomic mass is 10.1. The topological polar surface area (TPSA) is 68.2 Å². The van der Waals surface area contributed by atoms with Gasteiger partial charge in [-0.15, -0.1) is 5.10 Å². The Morgan fingerprint density at radius 3 is 2.85 bits per heavy atom. The van der Waals surface area contributed by atoms with Crippen molar-refractivity contribution >= 4 is 11.6 Å². The molecule has 6 nitrogen and oxygen atoms in total. The van der Waals surface area contributed by atoms with Gasteiger partial charge < -0.3 is 9.84 Å². The zero-order valence-electron chi connectivity index (χ0n) is 11.4. The van der Waals surface area contributed by atoms with Gasteiger partial charge in [0.05, 0.1) is 17.9 Å². The van der Waals surface area contributed by atoms with Crippen LogP contribution in [-0.2, 0) is 0 Å². The van der Waals surface area contributed by atoms with Crippen molar-refractivity contribution in [3.05, 3.63) is 41.2 Å². The van der Waals surface area contributed by atoms with Crippen LogP contribution in [0.1, 0.15) is 30.0 Å². The molecular weight excluding hydrogens is 261 g/mol. The highest BCUT2D eigenvalue weighted by Gasteiger charge is 2.17. The molecule has 0 aliphatic heterocycles. The Labute approximate surface area is 114 Å². The standard InChI is InChI=1S/C13H14FN5O/c1-7(12-8(2)18-20-9(12)3)15-13-16-11-5-4-10(14)6-19(11)17-13/h4-7H,1-3H3,(H,15,17). The molecule has 1 atom stereocenters. The zero-order valence-corrected chi connectivity index (χ0v) is 11.4. The van der Waals surface area contributed by atoms with E-state index in [1.165, 1.54) is 16.8 Å². The molecule has 0 saturated heterocycles. The van der Waals surface area contributed by atoms with Crippen LogP contribution in [0.15, 0.2) is 22.9 Å². The molecule has 3 aromatic heterocycles. The average Bonchev–Trinajstić information content (AvgIpc) is 2.92. The SMILES string of the molecule is Cc1noc(C)c1C(C)Nc1nc2ccc(F)cn2n1. The number of fused-ring (bicyclic) bond motifs is 1. The fourth-order valence-electron chi connectivity index (χ4n) is 2.29. The molecule has 0 spiro atoms. The van der Waals surface area contributed by atoms with Crippen molar-refractivity contribution in [3.63, 3.8) is 0 Å². The van der Waals surface area contributed by atoms with Crippen LogP contribution in [0.3, 0.4) is 0 Å². The predicted octanol–water partition coefficient (Wildman–Crippen LogP) is 2.65. The number of nitrogens with zero attached hydrogens (tertiary/aromatic N) is 4. The molecular formula is C13H14FN5O. The lowest BCUT2D eigenvalue weighted by Crippen LogP contribution is -2.09. The van der Waals surface area contributed by atoms with E-state index >= 15 is 0 Å². The van der Waals surface area contributed by atoms with Gasteiger partial charge in [0.2, 0.25) is 5.95 Å². The highest BCUT2D eigenvalue weighted by Crippen LogP contribution is 2.23. The summed E-state index contributed by atoms with van der Waals surface area (Å²) >= 11 is 0. The predicted molar refractivity (Wildman–Crippen MR) is 71.0 cm³/mol. The molecule has 0 aliphatic carbocycles. The van der Waals surface area contributed by atoms with Gasteiger partial charge in [-0.2, -0.15) is 4.98 Å². The van der Waals surface area contributed by atoms with E-state index in [-0.39, 0.29) is 11.9 Å². The first-order chi connectivity index (χ1) is 9.54. The Hall–Kier alpha value is -2.44. The summed E-state index contributed by atoms with van der Waals surface area (Å²) in [6.07, 6.45) is 1.29. The summed E-state index contributed by atoms with van der Waals surface area (Å²) in [4.78, 5) is 4.29. The Bertz CT molecular complexity index is 744. The number of anilines is 1. The van der Waals surface area contributed by atoms with Crippen LogP contribution in [0.4, 0.5) is 10.3 Å². The number of nitrogens with one attached hydrogen (secondary N) is 1. The summed E-state index contributed by atoms with van der Waals surface area (Å²) in [5.74, 6) is 0.841. The molecule has 104 valence electrons. The second kappa shape index (κ2) is 4.59. The number of halogens is 1. The van der Waals surface area contributed by atoms with Crippen LogP contribution in [0.25, 0.3) is 5.65 Å². The van der Waals surface area contributed by atoms with Gasteiger partial charge in [-0.05, 0) is 32.9 Å². The number of aromatic nitrogens is 4. The van der Waals surface area contributed by atoms with Crippen LogP contribution >= 0.6 is 0 Å². The molecule has 7 heteroatoms. The maximum absolute atomic E-state index is 13.1. The number of hydrogen-bond acceptors (Lipinski definition) is 5. The van der Waals surface area contributed by atoms with Crippen LogP contribution in [0, 0.1) is 19.7 Å². The van der Waals surface area contributed by atoms with Gasteiger partial charge in [-0.3, -0.25) is 0 Å². The first-order valence-corrected chi connectivity index (χ1v) is 6.26. The summed E-state index contributed by atoms with van der Waals surface area (Å²) < 4.78 is 19.7. The van der Waals surface area contributed by atoms with Gasteiger partial charge in [0.15, 0.2) is 5.65 Å². The smallest absolute Gasteiger partial charge is 0.243 e. The molecule has 3 aromatic rings. The van der Waals surface area contributed by atoms with Gasteiger partial charge in [0, 0.05) is 5.56 Å². The van der Waals surface area contributed by atoms with E-state index in [4.69, 9.17) is 4.52 Å². The molecule has 1 unspecified atom stereocenters. The molecule has 0 fully saturated rings. The summed E-state index contributed by atoms with van der Waals surface area (Å²) in [5.41, 5.74) is 2.40. The third kappa shape index (κ3) is 2.11. The number of pyridine rings is 1. The van der Waals surface area contributed by atoms with E-state index in [0.29, 0.717) is 11.6 Å². The average molecular weight is 275 g/mol. The van der Waals surface area contributed by atoms with Crippen LogP contribution in [0.2, 0.25) is 0 Å². The monoisotopic (exact) mass is 275 g/mol. The molecule has 0 aromatic carbocycles. The molecule has 0 amide bonds. The minimum absolute atomic E-state index is 0.0523. The minimum atomic E-state index is -0.354. The van der Waals surface area contributed by atoms with Crippen molar-refractivity contribution in [1.82, 2.24) is 19.8 Å². The maximum Gasteiger partial charge on any atom is 0.243 e. The van der Waals surface area contributed by atoms with Crippen LogP contribution in [0.5, 0.6) is 0 Å². The van der Waals surface area contributed by atoms with Gasteiger partial charge in [-0.1, -0.05) is 5.16 Å². The molecule has 0 aliphatic rings. The van der Waals surface area contributed by atoms with Crippen LogP contribution in [-0.4, -0.2) is 19.8 Å². The van der Waals surface area contributed by atoms with E-state index in [1.807, 2.05) is 20.8 Å². The van der Waals surface area contributed by atoms with E-state index in [0.717, 1.165) is 17.0 Å².